The van der Waals surface area contributed by atoms with E-state index in [1.165, 1.54) is 23.4 Å². The third-order valence-electron chi connectivity index (χ3n) is 5.08. The second-order valence-electron chi connectivity index (χ2n) is 6.75. The van der Waals surface area contributed by atoms with Crippen molar-refractivity contribution >= 4 is 0 Å². The van der Waals surface area contributed by atoms with Crippen LogP contribution in [0.25, 0.3) is 0 Å². The largest absolute Gasteiger partial charge is 0.497 e. The molecule has 0 fully saturated rings. The van der Waals surface area contributed by atoms with Crippen LogP contribution in [-0.4, -0.2) is 23.1 Å². The molecule has 26 heavy (non-hydrogen) atoms. The molecule has 0 amide bonds. The molecule has 3 nitrogen and oxygen atoms in total. The Bertz CT molecular complexity index is 855. The molecule has 0 spiro atoms. The second-order valence-corrected chi connectivity index (χ2v) is 6.75. The molecule has 0 N–H and O–H groups in total. The fraction of sp³-hybridized carbons (Fsp3) is 0.273. The highest BCUT2D eigenvalue weighted by atomic mass is 19.1. The lowest BCUT2D eigenvalue weighted by Crippen LogP contribution is -2.29. The normalized spacial score (nSPS) is 17.5. The number of benzene rings is 2. The summed E-state index contributed by atoms with van der Waals surface area (Å²) in [5.41, 5.74) is 3.68. The zero-order chi connectivity index (χ0) is 17.9. The number of hydrogen-bond acceptors (Lipinski definition) is 2. The molecule has 0 bridgehead atoms. The monoisotopic (exact) mass is 350 g/mol. The molecule has 1 aliphatic rings. The van der Waals surface area contributed by atoms with Gasteiger partial charge < -0.3 is 9.30 Å². The Balaban J connectivity index is 1.71. The van der Waals surface area contributed by atoms with Gasteiger partial charge in [0.1, 0.15) is 11.6 Å². The molecule has 3 aromatic rings. The topological polar surface area (TPSA) is 17.4 Å². The number of aromatic nitrogens is 1. The molecule has 0 saturated heterocycles. The van der Waals surface area contributed by atoms with Gasteiger partial charge >= 0.3 is 0 Å². The van der Waals surface area contributed by atoms with E-state index in [4.69, 9.17) is 4.74 Å². The van der Waals surface area contributed by atoms with Crippen LogP contribution in [0.15, 0.2) is 66.9 Å². The quantitative estimate of drug-likeness (QED) is 0.682. The minimum Gasteiger partial charge on any atom is -0.497 e. The SMILES string of the molecule is COc1ccc([C@@H]2c3cccn3CCCN2Cc2ccc(F)cc2)cc1. The van der Waals surface area contributed by atoms with Crippen molar-refractivity contribution in [2.24, 2.45) is 0 Å². The summed E-state index contributed by atoms with van der Waals surface area (Å²) in [6, 6.07) is 19.7. The van der Waals surface area contributed by atoms with Gasteiger partial charge in [-0.2, -0.15) is 0 Å². The van der Waals surface area contributed by atoms with E-state index in [9.17, 15) is 4.39 Å². The molecule has 2 aromatic carbocycles. The van der Waals surface area contributed by atoms with Crippen LogP contribution in [0.5, 0.6) is 5.75 Å². The zero-order valence-electron chi connectivity index (χ0n) is 14.9. The van der Waals surface area contributed by atoms with Crippen molar-refractivity contribution in [1.82, 2.24) is 9.47 Å². The van der Waals surface area contributed by atoms with Crippen molar-refractivity contribution < 1.29 is 9.13 Å². The molecule has 4 rings (SSSR count). The van der Waals surface area contributed by atoms with Crippen LogP contribution >= 0.6 is 0 Å². The van der Waals surface area contributed by atoms with Gasteiger partial charge in [-0.25, -0.2) is 4.39 Å². The van der Waals surface area contributed by atoms with Gasteiger partial charge in [-0.1, -0.05) is 24.3 Å². The molecule has 1 aromatic heterocycles. The fourth-order valence-corrected chi connectivity index (χ4v) is 3.80. The summed E-state index contributed by atoms with van der Waals surface area (Å²) in [6.07, 6.45) is 3.25. The Labute approximate surface area is 153 Å². The first-order valence-electron chi connectivity index (χ1n) is 9.02. The van der Waals surface area contributed by atoms with Crippen LogP contribution in [0.1, 0.15) is 29.3 Å². The summed E-state index contributed by atoms with van der Waals surface area (Å²) in [6.45, 7) is 2.81. The van der Waals surface area contributed by atoms with Crippen LogP contribution in [0.2, 0.25) is 0 Å². The standard InChI is InChI=1S/C22H23FN2O/c1-26-20-11-7-18(8-12-20)22-21-4-2-13-24(21)14-3-15-25(22)16-17-5-9-19(23)10-6-17/h2,4-13,22H,3,14-16H2,1H3/t22-/m1/s1. The first-order valence-corrected chi connectivity index (χ1v) is 9.02. The van der Waals surface area contributed by atoms with E-state index < -0.39 is 0 Å². The van der Waals surface area contributed by atoms with Crippen molar-refractivity contribution in [2.75, 3.05) is 13.7 Å². The molecule has 0 unspecified atom stereocenters. The van der Waals surface area contributed by atoms with Crippen LogP contribution in [0, 0.1) is 5.82 Å². The molecule has 1 aliphatic heterocycles. The lowest BCUT2D eigenvalue weighted by molar-refractivity contribution is 0.220. The van der Waals surface area contributed by atoms with Crippen molar-refractivity contribution in [3.8, 4) is 5.75 Å². The van der Waals surface area contributed by atoms with Crippen molar-refractivity contribution in [3.63, 3.8) is 0 Å². The van der Waals surface area contributed by atoms with Crippen molar-refractivity contribution in [3.05, 3.63) is 89.5 Å². The number of ether oxygens (including phenoxy) is 1. The van der Waals surface area contributed by atoms with Gasteiger partial charge in [0.05, 0.1) is 13.2 Å². The second kappa shape index (κ2) is 7.34. The number of halogens is 1. The smallest absolute Gasteiger partial charge is 0.123 e. The van der Waals surface area contributed by atoms with E-state index in [1.54, 1.807) is 7.11 Å². The highest BCUT2D eigenvalue weighted by Gasteiger charge is 2.27. The molecule has 4 heteroatoms. The summed E-state index contributed by atoms with van der Waals surface area (Å²) >= 11 is 0. The Kier molecular flexibility index (Phi) is 4.76. The number of methoxy groups -OCH3 is 1. The number of nitrogens with zero attached hydrogens (tertiary/aromatic N) is 2. The van der Waals surface area contributed by atoms with Crippen LogP contribution in [0.3, 0.4) is 0 Å². The molecule has 1 atom stereocenters. The van der Waals surface area contributed by atoms with Gasteiger partial charge in [0, 0.05) is 31.5 Å². The maximum atomic E-state index is 13.3. The molecule has 134 valence electrons. The van der Waals surface area contributed by atoms with Crippen LogP contribution in [0.4, 0.5) is 4.39 Å². The van der Waals surface area contributed by atoms with Crippen LogP contribution in [-0.2, 0) is 13.1 Å². The Morgan fingerprint density at radius 1 is 1.00 bits per heavy atom. The fourth-order valence-electron chi connectivity index (χ4n) is 3.80. The summed E-state index contributed by atoms with van der Waals surface area (Å²) in [5.74, 6) is 0.674. The van der Waals surface area contributed by atoms with Crippen molar-refractivity contribution in [1.29, 1.82) is 0 Å². The zero-order valence-corrected chi connectivity index (χ0v) is 14.9. The molecular formula is C22H23FN2O. The van der Waals surface area contributed by atoms with E-state index in [0.29, 0.717) is 0 Å². The number of hydrogen-bond donors (Lipinski definition) is 0. The summed E-state index contributed by atoms with van der Waals surface area (Å²) in [4.78, 5) is 2.48. The third-order valence-corrected chi connectivity index (χ3v) is 5.08. The minimum absolute atomic E-state index is 0.170. The molecule has 0 radical (unpaired) electrons. The van der Waals surface area contributed by atoms with E-state index in [0.717, 1.165) is 37.4 Å². The minimum atomic E-state index is -0.190. The van der Waals surface area contributed by atoms with E-state index in [1.807, 2.05) is 24.3 Å². The molecule has 0 saturated carbocycles. The van der Waals surface area contributed by atoms with E-state index in [2.05, 4.69) is 39.9 Å². The maximum absolute atomic E-state index is 13.3. The van der Waals surface area contributed by atoms with Crippen molar-refractivity contribution in [2.45, 2.75) is 25.6 Å². The van der Waals surface area contributed by atoms with Gasteiger partial charge in [0.15, 0.2) is 0 Å². The molecule has 0 aliphatic carbocycles. The predicted molar refractivity (Wildman–Crippen MR) is 101 cm³/mol. The molecular weight excluding hydrogens is 327 g/mol. The summed E-state index contributed by atoms with van der Waals surface area (Å²) < 4.78 is 20.9. The van der Waals surface area contributed by atoms with Gasteiger partial charge in [0.2, 0.25) is 0 Å². The first kappa shape index (κ1) is 16.9. The Morgan fingerprint density at radius 3 is 2.50 bits per heavy atom. The number of fused-ring (bicyclic) bond motifs is 1. The first-order chi connectivity index (χ1) is 12.7. The number of aryl methyl sites for hydroxylation is 1. The van der Waals surface area contributed by atoms with E-state index >= 15 is 0 Å². The van der Waals surface area contributed by atoms with Crippen LogP contribution < -0.4 is 4.74 Å². The van der Waals surface area contributed by atoms with E-state index in [-0.39, 0.29) is 11.9 Å². The highest BCUT2D eigenvalue weighted by molar-refractivity contribution is 5.34. The average molecular weight is 350 g/mol. The molecule has 2 heterocycles. The highest BCUT2D eigenvalue weighted by Crippen LogP contribution is 2.33. The van der Waals surface area contributed by atoms with Gasteiger partial charge in [0.25, 0.3) is 0 Å². The predicted octanol–water partition coefficient (Wildman–Crippen LogP) is 4.63. The van der Waals surface area contributed by atoms with Gasteiger partial charge in [-0.15, -0.1) is 0 Å². The Hall–Kier alpha value is -2.59. The average Bonchev–Trinajstić information content (AvgIpc) is 3.05. The summed E-state index contributed by atoms with van der Waals surface area (Å²) in [5, 5.41) is 0. The number of rotatable bonds is 4. The third kappa shape index (κ3) is 3.37. The summed E-state index contributed by atoms with van der Waals surface area (Å²) in [7, 11) is 1.69. The lowest BCUT2D eigenvalue weighted by Gasteiger charge is -2.30. The maximum Gasteiger partial charge on any atom is 0.123 e. The van der Waals surface area contributed by atoms with Gasteiger partial charge in [-0.05, 0) is 53.9 Å². The Morgan fingerprint density at radius 2 is 1.77 bits per heavy atom. The lowest BCUT2D eigenvalue weighted by atomic mass is 10.0. The van der Waals surface area contributed by atoms with Gasteiger partial charge in [-0.3, -0.25) is 4.90 Å².